The Bertz CT molecular complexity index is 999. The van der Waals surface area contributed by atoms with E-state index in [1.165, 1.54) is 0 Å². The van der Waals surface area contributed by atoms with E-state index in [0.29, 0.717) is 12.1 Å². The average molecular weight is 442 g/mol. The maximum Gasteiger partial charge on any atom is 0.416 e. The van der Waals surface area contributed by atoms with E-state index in [1.807, 2.05) is 0 Å². The van der Waals surface area contributed by atoms with Gasteiger partial charge in [-0.2, -0.15) is 13.2 Å². The number of halogens is 5. The molecule has 0 saturated heterocycles. The fourth-order valence-corrected chi connectivity index (χ4v) is 3.42. The molecule has 2 N–H and O–H groups in total. The Balaban J connectivity index is 2.05. The van der Waals surface area contributed by atoms with Crippen molar-refractivity contribution in [2.24, 2.45) is 0 Å². The van der Waals surface area contributed by atoms with Gasteiger partial charge < -0.3 is 5.32 Å². The summed E-state index contributed by atoms with van der Waals surface area (Å²) < 4.78 is 77.4. The average Bonchev–Trinajstić information content (AvgIpc) is 2.60. The van der Waals surface area contributed by atoms with Gasteiger partial charge in [0.1, 0.15) is 11.5 Å². The van der Waals surface area contributed by atoms with Gasteiger partial charge >= 0.3 is 6.18 Å². The number of nitro benzene ring substituents is 1. The molecule has 0 aromatic heterocycles. The normalized spacial score (nSPS) is 12.0. The first-order valence-corrected chi connectivity index (χ1v) is 9.32. The summed E-state index contributed by atoms with van der Waals surface area (Å²) in [7, 11) is -4.03. The number of nitrogens with one attached hydrogen (secondary N) is 2. The van der Waals surface area contributed by atoms with E-state index in [-0.39, 0.29) is 28.7 Å². The van der Waals surface area contributed by atoms with Crippen molar-refractivity contribution in [2.75, 3.05) is 18.4 Å². The Kier molecular flexibility index (Phi) is 6.47. The zero-order valence-electron chi connectivity index (χ0n) is 13.8. The molecule has 0 atom stereocenters. The number of hydrogen-bond acceptors (Lipinski definition) is 5. The minimum absolute atomic E-state index is 0.166. The number of anilines is 1. The second-order valence-corrected chi connectivity index (χ2v) is 7.56. The van der Waals surface area contributed by atoms with Crippen LogP contribution in [-0.4, -0.2) is 26.4 Å². The first-order chi connectivity index (χ1) is 12.9. The second-order valence-electron chi connectivity index (χ2n) is 5.39. The van der Waals surface area contributed by atoms with Gasteiger partial charge in [0.05, 0.1) is 20.4 Å². The topological polar surface area (TPSA) is 101 Å². The molecule has 0 spiro atoms. The minimum atomic E-state index is -4.74. The van der Waals surface area contributed by atoms with Crippen molar-refractivity contribution in [2.45, 2.75) is 11.1 Å². The summed E-state index contributed by atoms with van der Waals surface area (Å²) in [4.78, 5) is 9.70. The predicted molar refractivity (Wildman–Crippen MR) is 93.2 cm³/mol. The molecule has 13 heteroatoms. The van der Waals surface area contributed by atoms with Gasteiger partial charge in [-0.25, -0.2) is 17.5 Å². The Morgan fingerprint density at radius 3 is 2.36 bits per heavy atom. The minimum Gasteiger partial charge on any atom is -0.378 e. The molecule has 2 rings (SSSR count). The Labute approximate surface area is 161 Å². The standard InChI is InChI=1S/C15H12ClF4N3O4S/c16-11-8-10(2-3-12(11)17)28(26,27)22-6-5-21-13-4-1-9(15(18,19)20)7-14(13)23(24)25/h1-4,7-8,21-22H,5-6H2. The second kappa shape index (κ2) is 8.29. The van der Waals surface area contributed by atoms with Crippen molar-refractivity contribution in [3.05, 3.63) is 62.9 Å². The molecule has 0 heterocycles. The SMILES string of the molecule is O=[N+]([O-])c1cc(C(F)(F)F)ccc1NCCNS(=O)(=O)c1ccc(F)c(Cl)c1. The number of alkyl halides is 3. The van der Waals surface area contributed by atoms with E-state index < -0.39 is 38.2 Å². The molecule has 7 nitrogen and oxygen atoms in total. The van der Waals surface area contributed by atoms with Crippen LogP contribution in [0.4, 0.5) is 28.9 Å². The molecular formula is C15H12ClF4N3O4S. The molecule has 0 aliphatic carbocycles. The van der Waals surface area contributed by atoms with Crippen LogP contribution in [0.3, 0.4) is 0 Å². The lowest BCUT2D eigenvalue weighted by Gasteiger charge is -2.11. The van der Waals surface area contributed by atoms with Gasteiger partial charge in [0.25, 0.3) is 5.69 Å². The van der Waals surface area contributed by atoms with Gasteiger partial charge in [0, 0.05) is 19.2 Å². The lowest BCUT2D eigenvalue weighted by molar-refractivity contribution is -0.384. The van der Waals surface area contributed by atoms with Gasteiger partial charge in [-0.15, -0.1) is 0 Å². The van der Waals surface area contributed by atoms with Crippen molar-refractivity contribution < 1.29 is 30.9 Å². The van der Waals surface area contributed by atoms with Gasteiger partial charge in [0.2, 0.25) is 10.0 Å². The van der Waals surface area contributed by atoms with E-state index in [0.717, 1.165) is 24.3 Å². The van der Waals surface area contributed by atoms with Gasteiger partial charge in [0.15, 0.2) is 0 Å². The summed E-state index contributed by atoms with van der Waals surface area (Å²) in [5.41, 5.74) is -2.19. The van der Waals surface area contributed by atoms with E-state index in [4.69, 9.17) is 11.6 Å². The van der Waals surface area contributed by atoms with Crippen molar-refractivity contribution in [1.82, 2.24) is 4.72 Å². The fourth-order valence-electron chi connectivity index (χ4n) is 2.12. The molecule has 0 fully saturated rings. The highest BCUT2D eigenvalue weighted by molar-refractivity contribution is 7.89. The third kappa shape index (κ3) is 5.30. The lowest BCUT2D eigenvalue weighted by Crippen LogP contribution is -2.29. The fraction of sp³-hybridized carbons (Fsp3) is 0.200. The maximum atomic E-state index is 13.1. The molecule has 0 aliphatic rings. The summed E-state index contributed by atoms with van der Waals surface area (Å²) in [5, 5.41) is 13.1. The highest BCUT2D eigenvalue weighted by atomic mass is 35.5. The third-order valence-corrected chi connectivity index (χ3v) is 5.20. The molecule has 2 aromatic rings. The quantitative estimate of drug-likeness (QED) is 0.294. The predicted octanol–water partition coefficient (Wildman–Crippen LogP) is 3.80. The van der Waals surface area contributed by atoms with Crippen LogP contribution in [0.2, 0.25) is 5.02 Å². The van der Waals surface area contributed by atoms with Gasteiger partial charge in [-0.05, 0) is 30.3 Å². The summed E-state index contributed by atoms with van der Waals surface area (Å²) in [6, 6.07) is 4.72. The maximum absolute atomic E-state index is 13.1. The Hall–Kier alpha value is -2.44. The van der Waals surface area contributed by atoms with Crippen LogP contribution in [0.25, 0.3) is 0 Å². The molecule has 0 amide bonds. The molecule has 0 bridgehead atoms. The van der Waals surface area contributed by atoms with Crippen LogP contribution in [0.15, 0.2) is 41.3 Å². The van der Waals surface area contributed by atoms with E-state index in [1.54, 1.807) is 0 Å². The Morgan fingerprint density at radius 2 is 1.79 bits per heavy atom. The molecule has 28 heavy (non-hydrogen) atoms. The number of hydrogen-bond donors (Lipinski definition) is 2. The first-order valence-electron chi connectivity index (χ1n) is 7.46. The number of nitrogens with zero attached hydrogens (tertiary/aromatic N) is 1. The van der Waals surface area contributed by atoms with Crippen LogP contribution in [-0.2, 0) is 16.2 Å². The van der Waals surface area contributed by atoms with Crippen LogP contribution < -0.4 is 10.0 Å². The summed E-state index contributed by atoms with van der Waals surface area (Å²) in [5.74, 6) is -0.795. The lowest BCUT2D eigenvalue weighted by atomic mass is 10.1. The van der Waals surface area contributed by atoms with Crippen LogP contribution in [0.5, 0.6) is 0 Å². The zero-order chi connectivity index (χ0) is 21.1. The molecule has 0 aliphatic heterocycles. The number of sulfonamides is 1. The zero-order valence-corrected chi connectivity index (χ0v) is 15.3. The van der Waals surface area contributed by atoms with Crippen LogP contribution in [0, 0.1) is 15.9 Å². The van der Waals surface area contributed by atoms with Crippen molar-refractivity contribution >= 4 is 33.0 Å². The summed E-state index contributed by atoms with van der Waals surface area (Å²) in [6.07, 6.45) is -4.74. The van der Waals surface area contributed by atoms with Crippen LogP contribution in [0.1, 0.15) is 5.56 Å². The van der Waals surface area contributed by atoms with Crippen LogP contribution >= 0.6 is 11.6 Å². The van der Waals surface area contributed by atoms with E-state index in [9.17, 15) is 36.1 Å². The number of nitro groups is 1. The number of benzene rings is 2. The molecule has 0 unspecified atom stereocenters. The molecule has 2 aromatic carbocycles. The Morgan fingerprint density at radius 1 is 1.11 bits per heavy atom. The third-order valence-electron chi connectivity index (χ3n) is 3.46. The van der Waals surface area contributed by atoms with Crippen molar-refractivity contribution in [1.29, 1.82) is 0 Å². The van der Waals surface area contributed by atoms with E-state index >= 15 is 0 Å². The smallest absolute Gasteiger partial charge is 0.378 e. The van der Waals surface area contributed by atoms with Gasteiger partial charge in [-0.3, -0.25) is 10.1 Å². The largest absolute Gasteiger partial charge is 0.416 e. The van der Waals surface area contributed by atoms with Crippen molar-refractivity contribution in [3.8, 4) is 0 Å². The van der Waals surface area contributed by atoms with Gasteiger partial charge in [-0.1, -0.05) is 11.6 Å². The number of rotatable bonds is 7. The van der Waals surface area contributed by atoms with Crippen molar-refractivity contribution in [3.63, 3.8) is 0 Å². The molecule has 0 radical (unpaired) electrons. The molecule has 152 valence electrons. The first kappa shape index (κ1) is 21.9. The summed E-state index contributed by atoms with van der Waals surface area (Å²) in [6.45, 7) is -0.421. The molecule has 0 saturated carbocycles. The highest BCUT2D eigenvalue weighted by Gasteiger charge is 2.33. The highest BCUT2D eigenvalue weighted by Crippen LogP contribution is 2.34. The summed E-state index contributed by atoms with van der Waals surface area (Å²) >= 11 is 5.53. The monoisotopic (exact) mass is 441 g/mol. The molecular weight excluding hydrogens is 430 g/mol. The van der Waals surface area contributed by atoms with E-state index in [2.05, 4.69) is 10.0 Å².